The van der Waals surface area contributed by atoms with E-state index >= 15 is 0 Å². The average molecular weight is 313 g/mol. The van der Waals surface area contributed by atoms with Gasteiger partial charge in [0.1, 0.15) is 6.04 Å². The van der Waals surface area contributed by atoms with Crippen molar-refractivity contribution in [1.82, 2.24) is 5.32 Å². The van der Waals surface area contributed by atoms with Gasteiger partial charge in [0.2, 0.25) is 5.91 Å². The van der Waals surface area contributed by atoms with Crippen molar-refractivity contribution in [2.75, 3.05) is 6.61 Å². The van der Waals surface area contributed by atoms with Crippen LogP contribution in [0.4, 0.5) is 0 Å². The minimum absolute atomic E-state index is 0.00213. The molecule has 0 heterocycles. The van der Waals surface area contributed by atoms with Gasteiger partial charge in [-0.2, -0.15) is 0 Å². The number of esters is 1. The van der Waals surface area contributed by atoms with Gasteiger partial charge < -0.3 is 10.1 Å². The Morgan fingerprint density at radius 3 is 2.61 bits per heavy atom. The van der Waals surface area contributed by atoms with Crippen molar-refractivity contribution in [3.05, 3.63) is 48.0 Å². The van der Waals surface area contributed by atoms with Crippen LogP contribution < -0.4 is 5.32 Å². The predicted molar refractivity (Wildman–Crippen MR) is 87.6 cm³/mol. The highest BCUT2D eigenvalue weighted by atomic mass is 16.5. The van der Waals surface area contributed by atoms with Crippen LogP contribution in [0.15, 0.2) is 42.5 Å². The molecule has 2 aliphatic rings. The van der Waals surface area contributed by atoms with Crippen LogP contribution in [0, 0.1) is 17.8 Å². The number of fused-ring (bicyclic) bond motifs is 2. The van der Waals surface area contributed by atoms with Gasteiger partial charge in [-0.1, -0.05) is 42.5 Å². The van der Waals surface area contributed by atoms with Gasteiger partial charge in [-0.15, -0.1) is 0 Å². The molecule has 4 heteroatoms. The van der Waals surface area contributed by atoms with Gasteiger partial charge in [-0.05, 0) is 37.2 Å². The van der Waals surface area contributed by atoms with Gasteiger partial charge >= 0.3 is 5.97 Å². The van der Waals surface area contributed by atoms with Gasteiger partial charge in [-0.25, -0.2) is 4.79 Å². The van der Waals surface area contributed by atoms with Gasteiger partial charge in [0.25, 0.3) is 0 Å². The zero-order valence-electron chi connectivity index (χ0n) is 13.4. The first kappa shape index (κ1) is 15.8. The molecule has 3 rings (SSSR count). The Hall–Kier alpha value is -2.10. The molecule has 1 saturated carbocycles. The van der Waals surface area contributed by atoms with E-state index in [2.05, 4.69) is 17.5 Å². The first-order valence-electron chi connectivity index (χ1n) is 8.36. The topological polar surface area (TPSA) is 55.4 Å². The molecule has 4 nitrogen and oxygen atoms in total. The molecule has 2 bridgehead atoms. The Morgan fingerprint density at radius 1 is 1.22 bits per heavy atom. The van der Waals surface area contributed by atoms with Crippen LogP contribution in [-0.2, 0) is 20.7 Å². The number of nitrogens with one attached hydrogen (secondary N) is 1. The highest BCUT2D eigenvalue weighted by Crippen LogP contribution is 2.43. The Bertz CT molecular complexity index is 596. The zero-order valence-corrected chi connectivity index (χ0v) is 13.4. The average Bonchev–Trinajstić information content (AvgIpc) is 3.18. The monoisotopic (exact) mass is 313 g/mol. The molecular formula is C19H23NO3. The third-order valence-corrected chi connectivity index (χ3v) is 4.79. The van der Waals surface area contributed by atoms with E-state index < -0.39 is 6.04 Å². The summed E-state index contributed by atoms with van der Waals surface area (Å²) in [5.41, 5.74) is 1.01. The highest BCUT2D eigenvalue weighted by molar-refractivity contribution is 5.86. The van der Waals surface area contributed by atoms with Crippen molar-refractivity contribution in [3.63, 3.8) is 0 Å². The van der Waals surface area contributed by atoms with E-state index in [9.17, 15) is 9.59 Å². The summed E-state index contributed by atoms with van der Waals surface area (Å²) < 4.78 is 5.13. The number of hydrogen-bond acceptors (Lipinski definition) is 3. The summed E-state index contributed by atoms with van der Waals surface area (Å²) in [6.07, 6.45) is 6.78. The Balaban J connectivity index is 1.66. The van der Waals surface area contributed by atoms with E-state index in [1.165, 1.54) is 0 Å². The van der Waals surface area contributed by atoms with Crippen LogP contribution in [0.1, 0.15) is 25.3 Å². The van der Waals surface area contributed by atoms with E-state index in [0.29, 0.717) is 24.9 Å². The van der Waals surface area contributed by atoms with E-state index in [1.54, 1.807) is 6.92 Å². The standard InChI is InChI=1S/C19H23NO3/c1-2-23-19(22)17(12-13-6-4-3-5-7-13)20-18(21)16-11-14-8-9-15(16)10-14/h3-9,14-17H,2,10-12H2,1H3,(H,20,21)/t14-,15+,16+,17+/m1/s1. The third-order valence-electron chi connectivity index (χ3n) is 4.79. The molecule has 0 radical (unpaired) electrons. The Kier molecular flexibility index (Phi) is 4.79. The van der Waals surface area contributed by atoms with Crippen LogP contribution in [-0.4, -0.2) is 24.5 Å². The van der Waals surface area contributed by atoms with Crippen molar-refractivity contribution in [1.29, 1.82) is 0 Å². The fourth-order valence-electron chi connectivity index (χ4n) is 3.65. The molecule has 0 aliphatic heterocycles. The highest BCUT2D eigenvalue weighted by Gasteiger charge is 2.40. The summed E-state index contributed by atoms with van der Waals surface area (Å²) in [5.74, 6) is 0.488. The van der Waals surface area contributed by atoms with Crippen molar-refractivity contribution in [3.8, 4) is 0 Å². The van der Waals surface area contributed by atoms with Crippen molar-refractivity contribution >= 4 is 11.9 Å². The van der Waals surface area contributed by atoms with E-state index in [1.807, 2.05) is 30.3 Å². The third kappa shape index (κ3) is 3.63. The van der Waals surface area contributed by atoms with E-state index in [4.69, 9.17) is 4.74 Å². The van der Waals surface area contributed by atoms with Crippen LogP contribution in [0.3, 0.4) is 0 Å². The SMILES string of the molecule is CCOC(=O)[C@H](Cc1ccccc1)NC(=O)[C@H]1C[C@@H]2C=C[C@H]1C2. The fraction of sp³-hybridized carbons (Fsp3) is 0.474. The summed E-state index contributed by atoms with van der Waals surface area (Å²) in [4.78, 5) is 24.8. The van der Waals surface area contributed by atoms with Crippen molar-refractivity contribution < 1.29 is 14.3 Å². The summed E-state index contributed by atoms with van der Waals surface area (Å²) >= 11 is 0. The lowest BCUT2D eigenvalue weighted by Crippen LogP contribution is -2.46. The van der Waals surface area contributed by atoms with E-state index in [0.717, 1.165) is 18.4 Å². The summed E-state index contributed by atoms with van der Waals surface area (Å²) in [6.45, 7) is 2.09. The summed E-state index contributed by atoms with van der Waals surface area (Å²) in [7, 11) is 0. The predicted octanol–water partition coefficient (Wildman–Crippen LogP) is 2.49. The summed E-state index contributed by atoms with van der Waals surface area (Å²) in [6, 6.07) is 9.09. The lowest BCUT2D eigenvalue weighted by Gasteiger charge is -2.22. The molecular weight excluding hydrogens is 290 g/mol. The second kappa shape index (κ2) is 6.99. The second-order valence-electron chi connectivity index (χ2n) is 6.39. The number of benzene rings is 1. The minimum atomic E-state index is -0.618. The number of hydrogen-bond donors (Lipinski definition) is 1. The molecule has 1 amide bonds. The van der Waals surface area contributed by atoms with Gasteiger partial charge in [0.05, 0.1) is 6.61 Å². The minimum Gasteiger partial charge on any atom is -0.464 e. The molecule has 1 fully saturated rings. The normalized spacial score (nSPS) is 26.0. The van der Waals surface area contributed by atoms with Crippen LogP contribution >= 0.6 is 0 Å². The molecule has 4 atom stereocenters. The van der Waals surface area contributed by atoms with Gasteiger partial charge in [-0.3, -0.25) is 4.79 Å². The van der Waals surface area contributed by atoms with Crippen LogP contribution in [0.25, 0.3) is 0 Å². The second-order valence-corrected chi connectivity index (χ2v) is 6.39. The lowest BCUT2D eigenvalue weighted by molar-refractivity contribution is -0.148. The van der Waals surface area contributed by atoms with Gasteiger partial charge in [0, 0.05) is 12.3 Å². The molecule has 23 heavy (non-hydrogen) atoms. The van der Waals surface area contributed by atoms with Gasteiger partial charge in [0.15, 0.2) is 0 Å². The molecule has 0 spiro atoms. The first-order valence-corrected chi connectivity index (χ1v) is 8.36. The van der Waals surface area contributed by atoms with Crippen molar-refractivity contribution in [2.45, 2.75) is 32.2 Å². The number of carbonyl (C=O) groups excluding carboxylic acids is 2. The number of ether oxygens (including phenoxy) is 1. The maximum absolute atomic E-state index is 12.6. The fourth-order valence-corrected chi connectivity index (χ4v) is 3.65. The molecule has 122 valence electrons. The molecule has 2 aliphatic carbocycles. The molecule has 0 unspecified atom stereocenters. The molecule has 0 saturated heterocycles. The number of allylic oxidation sites excluding steroid dienone is 2. The zero-order chi connectivity index (χ0) is 16.2. The number of amides is 1. The largest absolute Gasteiger partial charge is 0.464 e. The molecule has 1 N–H and O–H groups in total. The van der Waals surface area contributed by atoms with Crippen molar-refractivity contribution in [2.24, 2.45) is 17.8 Å². The summed E-state index contributed by atoms with van der Waals surface area (Å²) in [5, 5.41) is 2.93. The number of carbonyl (C=O) groups is 2. The van der Waals surface area contributed by atoms with Crippen LogP contribution in [0.2, 0.25) is 0 Å². The van der Waals surface area contributed by atoms with E-state index in [-0.39, 0.29) is 17.8 Å². The number of rotatable bonds is 6. The molecule has 1 aromatic carbocycles. The molecule has 1 aromatic rings. The first-order chi connectivity index (χ1) is 11.2. The molecule has 0 aromatic heterocycles. The smallest absolute Gasteiger partial charge is 0.328 e. The Labute approximate surface area is 136 Å². The maximum atomic E-state index is 12.6. The Morgan fingerprint density at radius 2 is 2.00 bits per heavy atom. The van der Waals surface area contributed by atoms with Crippen LogP contribution in [0.5, 0.6) is 0 Å². The lowest BCUT2D eigenvalue weighted by atomic mass is 9.92. The maximum Gasteiger partial charge on any atom is 0.328 e. The quantitative estimate of drug-likeness (QED) is 0.648.